The van der Waals surface area contributed by atoms with Crippen LogP contribution < -0.4 is 15.2 Å². The summed E-state index contributed by atoms with van der Waals surface area (Å²) in [6.07, 6.45) is 0.675. The number of hydrogen-bond donors (Lipinski definition) is 1. The van der Waals surface area contributed by atoms with E-state index < -0.39 is 0 Å². The molecule has 0 amide bonds. The number of nitrogens with two attached hydrogens (primary N) is 1. The van der Waals surface area contributed by atoms with Gasteiger partial charge in [0.05, 0.1) is 25.9 Å². The summed E-state index contributed by atoms with van der Waals surface area (Å²) in [4.78, 5) is 10.9. The molecule has 16 heavy (non-hydrogen) atoms. The quantitative estimate of drug-likeness (QED) is 0.605. The lowest BCUT2D eigenvalue weighted by atomic mass is 10.1. The van der Waals surface area contributed by atoms with Gasteiger partial charge in [0.1, 0.15) is 17.6 Å². The van der Waals surface area contributed by atoms with Crippen molar-refractivity contribution in [3.05, 3.63) is 17.7 Å². The summed E-state index contributed by atoms with van der Waals surface area (Å²) < 4.78 is 15.6. The van der Waals surface area contributed by atoms with E-state index in [1.807, 2.05) is 0 Å². The molecule has 0 radical (unpaired) electrons. The second-order valence-corrected chi connectivity index (χ2v) is 3.52. The van der Waals surface area contributed by atoms with Crippen molar-refractivity contribution in [2.75, 3.05) is 26.1 Å². The van der Waals surface area contributed by atoms with Crippen molar-refractivity contribution in [1.82, 2.24) is 0 Å². The predicted molar refractivity (Wildman–Crippen MR) is 58.0 cm³/mol. The number of aldehydes is 1. The van der Waals surface area contributed by atoms with Crippen LogP contribution in [0.4, 0.5) is 5.69 Å². The average Bonchev–Trinajstić information content (AvgIpc) is 2.22. The molecule has 1 heterocycles. The summed E-state index contributed by atoms with van der Waals surface area (Å²) in [5, 5.41) is 0. The van der Waals surface area contributed by atoms with Gasteiger partial charge in [-0.25, -0.2) is 0 Å². The van der Waals surface area contributed by atoms with Gasteiger partial charge in [-0.05, 0) is 0 Å². The van der Waals surface area contributed by atoms with Crippen LogP contribution in [0.3, 0.4) is 0 Å². The number of ether oxygens (including phenoxy) is 3. The molecule has 1 aromatic rings. The Morgan fingerprint density at radius 1 is 1.50 bits per heavy atom. The Kier molecular flexibility index (Phi) is 2.96. The zero-order chi connectivity index (χ0) is 11.5. The normalized spacial score (nSPS) is 15.3. The fourth-order valence-electron chi connectivity index (χ4n) is 1.43. The molecule has 0 unspecified atom stereocenters. The molecule has 5 nitrogen and oxygen atoms in total. The Morgan fingerprint density at radius 2 is 2.25 bits per heavy atom. The summed E-state index contributed by atoms with van der Waals surface area (Å²) in [5.41, 5.74) is 6.43. The zero-order valence-electron chi connectivity index (χ0n) is 8.93. The Labute approximate surface area is 93.1 Å². The third kappa shape index (κ3) is 1.94. The molecule has 1 saturated heterocycles. The van der Waals surface area contributed by atoms with Crippen molar-refractivity contribution in [3.8, 4) is 11.5 Å². The molecule has 0 saturated carbocycles. The van der Waals surface area contributed by atoms with Gasteiger partial charge < -0.3 is 19.9 Å². The van der Waals surface area contributed by atoms with Gasteiger partial charge in [-0.3, -0.25) is 4.79 Å². The zero-order valence-corrected chi connectivity index (χ0v) is 8.93. The Balaban J connectivity index is 2.30. The maximum absolute atomic E-state index is 10.9. The molecule has 0 bridgehead atoms. The second kappa shape index (κ2) is 4.40. The van der Waals surface area contributed by atoms with Crippen molar-refractivity contribution in [3.63, 3.8) is 0 Å². The van der Waals surface area contributed by atoms with Gasteiger partial charge in [0.2, 0.25) is 0 Å². The highest BCUT2D eigenvalue weighted by Gasteiger charge is 2.22. The van der Waals surface area contributed by atoms with Gasteiger partial charge in [-0.15, -0.1) is 0 Å². The molecule has 5 heteroatoms. The molecular weight excluding hydrogens is 210 g/mol. The minimum Gasteiger partial charge on any atom is -0.497 e. The van der Waals surface area contributed by atoms with Crippen molar-refractivity contribution in [1.29, 1.82) is 0 Å². The number of hydrogen-bond acceptors (Lipinski definition) is 5. The molecule has 0 aliphatic carbocycles. The first kappa shape index (κ1) is 10.8. The van der Waals surface area contributed by atoms with Crippen molar-refractivity contribution in [2.24, 2.45) is 0 Å². The van der Waals surface area contributed by atoms with E-state index in [9.17, 15) is 4.79 Å². The van der Waals surface area contributed by atoms with E-state index in [1.54, 1.807) is 12.1 Å². The van der Waals surface area contributed by atoms with Crippen molar-refractivity contribution < 1.29 is 19.0 Å². The van der Waals surface area contributed by atoms with Crippen molar-refractivity contribution >= 4 is 12.0 Å². The molecule has 1 aromatic carbocycles. The van der Waals surface area contributed by atoms with E-state index in [4.69, 9.17) is 19.9 Å². The van der Waals surface area contributed by atoms with E-state index >= 15 is 0 Å². The van der Waals surface area contributed by atoms with E-state index in [0.717, 1.165) is 0 Å². The number of methoxy groups -OCH3 is 1. The fraction of sp³-hybridized carbons (Fsp3) is 0.364. The molecule has 1 fully saturated rings. The Bertz CT molecular complexity index is 401. The minimum absolute atomic E-state index is 0.00907. The summed E-state index contributed by atoms with van der Waals surface area (Å²) in [5.74, 6) is 1.01. The molecule has 2 N–H and O–H groups in total. The standard InChI is InChI=1S/C11H13NO4/c1-14-7-2-10(12)9(4-13)11(3-7)16-8-5-15-6-8/h2-4,8H,5-6,12H2,1H3. The van der Waals surface area contributed by atoms with Crippen LogP contribution in [-0.2, 0) is 4.74 Å². The maximum Gasteiger partial charge on any atom is 0.155 e. The highest BCUT2D eigenvalue weighted by Crippen LogP contribution is 2.30. The van der Waals surface area contributed by atoms with Gasteiger partial charge in [-0.2, -0.15) is 0 Å². The number of carbonyl (C=O) groups excluding carboxylic acids is 1. The minimum atomic E-state index is -0.00907. The first-order valence-corrected chi connectivity index (χ1v) is 4.91. The van der Waals surface area contributed by atoms with Crippen LogP contribution in [0.25, 0.3) is 0 Å². The third-order valence-corrected chi connectivity index (χ3v) is 2.40. The average molecular weight is 223 g/mol. The molecule has 1 aliphatic heterocycles. The highest BCUT2D eigenvalue weighted by molar-refractivity contribution is 5.88. The highest BCUT2D eigenvalue weighted by atomic mass is 16.6. The van der Waals surface area contributed by atoms with Gasteiger partial charge in [-0.1, -0.05) is 0 Å². The summed E-state index contributed by atoms with van der Waals surface area (Å²) in [6, 6.07) is 3.24. The lowest BCUT2D eigenvalue weighted by Gasteiger charge is -2.27. The first-order chi connectivity index (χ1) is 7.74. The van der Waals surface area contributed by atoms with Crippen molar-refractivity contribution in [2.45, 2.75) is 6.10 Å². The van der Waals surface area contributed by atoms with Crippen LogP contribution in [0.1, 0.15) is 10.4 Å². The topological polar surface area (TPSA) is 70.8 Å². The van der Waals surface area contributed by atoms with Crippen LogP contribution in [0.5, 0.6) is 11.5 Å². The van der Waals surface area contributed by atoms with Gasteiger partial charge in [0.25, 0.3) is 0 Å². The molecule has 0 atom stereocenters. The van der Waals surface area contributed by atoms with E-state index in [-0.39, 0.29) is 6.10 Å². The summed E-state index contributed by atoms with van der Waals surface area (Å²) in [7, 11) is 1.53. The SMILES string of the molecule is COc1cc(N)c(C=O)c(OC2COC2)c1. The van der Waals surface area contributed by atoms with Gasteiger partial charge in [0.15, 0.2) is 6.29 Å². The number of nitrogen functional groups attached to an aromatic ring is 1. The fourth-order valence-corrected chi connectivity index (χ4v) is 1.43. The molecular formula is C11H13NO4. The van der Waals surface area contributed by atoms with E-state index in [0.29, 0.717) is 42.2 Å². The van der Waals surface area contributed by atoms with E-state index in [2.05, 4.69) is 0 Å². The molecule has 2 rings (SSSR count). The number of rotatable bonds is 4. The third-order valence-electron chi connectivity index (χ3n) is 2.40. The van der Waals surface area contributed by atoms with Crippen LogP contribution in [0.2, 0.25) is 0 Å². The van der Waals surface area contributed by atoms with Gasteiger partial charge >= 0.3 is 0 Å². The van der Waals surface area contributed by atoms with Crippen LogP contribution in [0, 0.1) is 0 Å². The molecule has 0 spiro atoms. The number of carbonyl (C=O) groups is 1. The maximum atomic E-state index is 10.9. The number of benzene rings is 1. The molecule has 0 aromatic heterocycles. The molecule has 86 valence electrons. The van der Waals surface area contributed by atoms with Crippen LogP contribution in [0.15, 0.2) is 12.1 Å². The van der Waals surface area contributed by atoms with Crippen LogP contribution >= 0.6 is 0 Å². The molecule has 1 aliphatic rings. The smallest absolute Gasteiger partial charge is 0.155 e. The predicted octanol–water partition coefficient (Wildman–Crippen LogP) is 0.867. The monoisotopic (exact) mass is 223 g/mol. The summed E-state index contributed by atoms with van der Waals surface area (Å²) >= 11 is 0. The first-order valence-electron chi connectivity index (χ1n) is 4.91. The van der Waals surface area contributed by atoms with E-state index in [1.165, 1.54) is 7.11 Å². The lowest BCUT2D eigenvalue weighted by molar-refractivity contribution is -0.0798. The Morgan fingerprint density at radius 3 is 2.75 bits per heavy atom. The largest absolute Gasteiger partial charge is 0.497 e. The summed E-state index contributed by atoms with van der Waals surface area (Å²) in [6.45, 7) is 1.07. The van der Waals surface area contributed by atoms with Crippen LogP contribution in [-0.4, -0.2) is 32.7 Å². The number of anilines is 1. The van der Waals surface area contributed by atoms with Gasteiger partial charge in [0, 0.05) is 17.8 Å². The lowest BCUT2D eigenvalue weighted by Crippen LogP contribution is -2.38. The Hall–Kier alpha value is -1.75. The second-order valence-electron chi connectivity index (χ2n) is 3.52.